The number of alkyl halides is 3. The van der Waals surface area contributed by atoms with E-state index in [4.69, 9.17) is 26.8 Å². The Hall–Kier alpha value is -1.67. The Morgan fingerprint density at radius 1 is 1.30 bits per heavy atom. The first kappa shape index (κ1) is 16.2. The first-order chi connectivity index (χ1) is 10.8. The fraction of sp³-hybridized carbons (Fsp3) is 0.500. The highest BCUT2D eigenvalue weighted by molar-refractivity contribution is 6.32. The van der Waals surface area contributed by atoms with E-state index in [-0.39, 0.29) is 48.3 Å². The Labute approximate surface area is 135 Å². The lowest BCUT2D eigenvalue weighted by molar-refractivity contribution is -0.184. The summed E-state index contributed by atoms with van der Waals surface area (Å²) in [6.45, 7) is -0.207. The number of halogens is 4. The molecule has 1 aromatic carbocycles. The summed E-state index contributed by atoms with van der Waals surface area (Å²) in [6, 6.07) is 0.288. The van der Waals surface area contributed by atoms with Crippen molar-refractivity contribution in [3.8, 4) is 11.5 Å². The molecule has 3 rings (SSSR count). The summed E-state index contributed by atoms with van der Waals surface area (Å²) in [6.07, 6.45) is -4.50. The predicted molar refractivity (Wildman–Crippen MR) is 75.7 cm³/mol. The smallest absolute Gasteiger partial charge is 0.408 e. The highest BCUT2D eigenvalue weighted by Gasteiger charge is 2.47. The van der Waals surface area contributed by atoms with E-state index in [2.05, 4.69) is 0 Å². The molecule has 0 aliphatic carbocycles. The summed E-state index contributed by atoms with van der Waals surface area (Å²) in [5.74, 6) is -0.251. The van der Waals surface area contributed by atoms with Crippen molar-refractivity contribution >= 4 is 17.5 Å². The number of amides is 1. The number of fused-ring (bicyclic) bond motifs is 1. The van der Waals surface area contributed by atoms with E-state index in [1.807, 2.05) is 0 Å². The minimum atomic E-state index is -4.50. The second-order valence-electron chi connectivity index (χ2n) is 5.54. The van der Waals surface area contributed by atoms with Crippen molar-refractivity contribution < 1.29 is 27.4 Å². The van der Waals surface area contributed by atoms with Gasteiger partial charge in [-0.15, -0.1) is 0 Å². The maximum atomic E-state index is 13.2. The van der Waals surface area contributed by atoms with Crippen LogP contribution in [0.25, 0.3) is 0 Å². The SMILES string of the molecule is N[C@@H]1CC[C@@H](C(F)(F)F)N(C(=O)c2cc(Cl)c3c(c2)OCO3)C1. The first-order valence-electron chi connectivity index (χ1n) is 7.00. The molecule has 0 saturated carbocycles. The van der Waals surface area contributed by atoms with Crippen molar-refractivity contribution in [2.75, 3.05) is 13.3 Å². The fourth-order valence-corrected chi connectivity index (χ4v) is 3.09. The molecule has 1 aromatic rings. The zero-order chi connectivity index (χ0) is 16.8. The number of benzene rings is 1. The molecule has 23 heavy (non-hydrogen) atoms. The standard InChI is InChI=1S/C14H14ClF3N2O3/c15-9-3-7(4-10-12(9)23-6-22-10)13(21)20-5-8(19)1-2-11(20)14(16,17)18/h3-4,8,11H,1-2,5-6,19H2/t8-,11+/m1/s1. The molecule has 2 heterocycles. The van der Waals surface area contributed by atoms with E-state index >= 15 is 0 Å². The van der Waals surface area contributed by atoms with Gasteiger partial charge in [0.25, 0.3) is 5.91 Å². The van der Waals surface area contributed by atoms with Gasteiger partial charge in [-0.3, -0.25) is 4.79 Å². The van der Waals surface area contributed by atoms with E-state index < -0.39 is 24.2 Å². The highest BCUT2D eigenvalue weighted by atomic mass is 35.5. The number of ether oxygens (including phenoxy) is 2. The zero-order valence-corrected chi connectivity index (χ0v) is 12.7. The van der Waals surface area contributed by atoms with Crippen LogP contribution >= 0.6 is 11.6 Å². The van der Waals surface area contributed by atoms with Crippen molar-refractivity contribution in [1.29, 1.82) is 0 Å². The minimum absolute atomic E-state index is 0.0163. The number of likely N-dealkylation sites (tertiary alicyclic amines) is 1. The Morgan fingerprint density at radius 2 is 2.04 bits per heavy atom. The second kappa shape index (κ2) is 5.76. The molecule has 2 aliphatic heterocycles. The molecule has 126 valence electrons. The van der Waals surface area contributed by atoms with Gasteiger partial charge in [0.1, 0.15) is 6.04 Å². The van der Waals surface area contributed by atoms with Gasteiger partial charge in [0.15, 0.2) is 11.5 Å². The van der Waals surface area contributed by atoms with E-state index in [1.54, 1.807) is 0 Å². The summed E-state index contributed by atoms with van der Waals surface area (Å²) in [4.78, 5) is 13.3. The molecule has 5 nitrogen and oxygen atoms in total. The van der Waals surface area contributed by atoms with Gasteiger partial charge in [0.2, 0.25) is 6.79 Å². The quantitative estimate of drug-likeness (QED) is 0.845. The number of nitrogens with zero attached hydrogens (tertiary/aromatic N) is 1. The van der Waals surface area contributed by atoms with Crippen molar-refractivity contribution in [3.05, 3.63) is 22.7 Å². The Morgan fingerprint density at radius 3 is 2.74 bits per heavy atom. The van der Waals surface area contributed by atoms with Crippen molar-refractivity contribution in [3.63, 3.8) is 0 Å². The molecule has 0 unspecified atom stereocenters. The van der Waals surface area contributed by atoms with E-state index in [1.165, 1.54) is 12.1 Å². The maximum Gasteiger partial charge on any atom is 0.408 e. The molecule has 0 bridgehead atoms. The number of carbonyl (C=O) groups is 1. The van der Waals surface area contributed by atoms with Crippen LogP contribution < -0.4 is 15.2 Å². The number of nitrogens with two attached hydrogens (primary N) is 1. The van der Waals surface area contributed by atoms with Crippen molar-refractivity contribution in [2.45, 2.75) is 31.1 Å². The summed E-state index contributed by atoms with van der Waals surface area (Å²) < 4.78 is 49.8. The Kier molecular flexibility index (Phi) is 4.05. The number of piperidine rings is 1. The van der Waals surface area contributed by atoms with Gasteiger partial charge in [0, 0.05) is 18.2 Å². The number of hydrogen-bond acceptors (Lipinski definition) is 4. The van der Waals surface area contributed by atoms with Crippen molar-refractivity contribution in [1.82, 2.24) is 4.90 Å². The lowest BCUT2D eigenvalue weighted by atomic mass is 9.97. The lowest BCUT2D eigenvalue weighted by Gasteiger charge is -2.39. The van der Waals surface area contributed by atoms with Crippen LogP contribution in [0.2, 0.25) is 5.02 Å². The molecule has 0 spiro atoms. The molecule has 0 aromatic heterocycles. The van der Waals surface area contributed by atoms with Gasteiger partial charge in [-0.05, 0) is 25.0 Å². The van der Waals surface area contributed by atoms with Crippen LogP contribution in [-0.2, 0) is 0 Å². The molecule has 1 saturated heterocycles. The van der Waals surface area contributed by atoms with Crippen LogP contribution in [0.3, 0.4) is 0 Å². The van der Waals surface area contributed by atoms with Gasteiger partial charge in [-0.1, -0.05) is 11.6 Å². The zero-order valence-electron chi connectivity index (χ0n) is 11.9. The predicted octanol–water partition coefficient (Wildman–Crippen LogP) is 2.56. The van der Waals surface area contributed by atoms with Gasteiger partial charge in [-0.2, -0.15) is 13.2 Å². The molecule has 9 heteroatoms. The largest absolute Gasteiger partial charge is 0.454 e. The van der Waals surface area contributed by atoms with Gasteiger partial charge >= 0.3 is 6.18 Å². The summed E-state index contributed by atoms with van der Waals surface area (Å²) >= 11 is 5.99. The van der Waals surface area contributed by atoms with Crippen LogP contribution in [0.15, 0.2) is 12.1 Å². The monoisotopic (exact) mass is 350 g/mol. The molecule has 2 aliphatic rings. The van der Waals surface area contributed by atoms with E-state index in [0.717, 1.165) is 4.90 Å². The van der Waals surface area contributed by atoms with Gasteiger partial charge in [-0.25, -0.2) is 0 Å². The third-order valence-electron chi connectivity index (χ3n) is 3.93. The number of rotatable bonds is 1. The number of hydrogen-bond donors (Lipinski definition) is 1. The lowest BCUT2D eigenvalue weighted by Crippen LogP contribution is -2.56. The topological polar surface area (TPSA) is 64.8 Å². The van der Waals surface area contributed by atoms with Crippen LogP contribution in [0.5, 0.6) is 11.5 Å². The first-order valence-corrected chi connectivity index (χ1v) is 7.37. The highest BCUT2D eigenvalue weighted by Crippen LogP contribution is 2.41. The molecule has 2 atom stereocenters. The molecule has 1 amide bonds. The summed E-state index contributed by atoms with van der Waals surface area (Å²) in [5.41, 5.74) is 5.75. The molecule has 0 radical (unpaired) electrons. The van der Waals surface area contributed by atoms with Crippen LogP contribution in [0, 0.1) is 0 Å². The fourth-order valence-electron chi connectivity index (χ4n) is 2.82. The second-order valence-corrected chi connectivity index (χ2v) is 5.95. The maximum absolute atomic E-state index is 13.2. The summed E-state index contributed by atoms with van der Waals surface area (Å²) in [7, 11) is 0. The Balaban J connectivity index is 1.93. The third-order valence-corrected chi connectivity index (χ3v) is 4.21. The van der Waals surface area contributed by atoms with Gasteiger partial charge < -0.3 is 20.1 Å². The molecule has 1 fully saturated rings. The third kappa shape index (κ3) is 3.05. The van der Waals surface area contributed by atoms with E-state index in [0.29, 0.717) is 0 Å². The molecular weight excluding hydrogens is 337 g/mol. The van der Waals surface area contributed by atoms with Crippen LogP contribution in [-0.4, -0.2) is 42.4 Å². The molecular formula is C14H14ClF3N2O3. The van der Waals surface area contributed by atoms with E-state index in [9.17, 15) is 18.0 Å². The Bertz CT molecular complexity index is 638. The van der Waals surface area contributed by atoms with Crippen LogP contribution in [0.4, 0.5) is 13.2 Å². The van der Waals surface area contributed by atoms with Crippen molar-refractivity contribution in [2.24, 2.45) is 5.73 Å². The molecule has 2 N–H and O–H groups in total. The number of carbonyl (C=O) groups excluding carboxylic acids is 1. The van der Waals surface area contributed by atoms with Gasteiger partial charge in [0.05, 0.1) is 5.02 Å². The average Bonchev–Trinajstić information content (AvgIpc) is 2.94. The average molecular weight is 351 g/mol. The van der Waals surface area contributed by atoms with Crippen LogP contribution in [0.1, 0.15) is 23.2 Å². The normalized spacial score (nSPS) is 24.0. The summed E-state index contributed by atoms with van der Waals surface area (Å²) in [5, 5.41) is 0.119. The minimum Gasteiger partial charge on any atom is -0.454 e.